The van der Waals surface area contributed by atoms with Gasteiger partial charge in [0, 0.05) is 16.4 Å². The molecule has 1 atom stereocenters. The van der Waals surface area contributed by atoms with E-state index in [1.165, 1.54) is 12.1 Å². The number of halogens is 2. The van der Waals surface area contributed by atoms with Gasteiger partial charge in [0.25, 0.3) is 5.91 Å². The molecule has 2 rings (SSSR count). The molecule has 1 aromatic carbocycles. The summed E-state index contributed by atoms with van der Waals surface area (Å²) in [4.78, 5) is 14.6. The van der Waals surface area contributed by atoms with Crippen LogP contribution in [0.4, 0.5) is 4.39 Å². The zero-order valence-corrected chi connectivity index (χ0v) is 11.2. The van der Waals surface area contributed by atoms with Crippen LogP contribution in [-0.2, 0) is 0 Å². The maximum atomic E-state index is 13.6. The van der Waals surface area contributed by atoms with Crippen molar-refractivity contribution in [3.8, 4) is 0 Å². The van der Waals surface area contributed by atoms with E-state index in [1.54, 1.807) is 13.0 Å². The van der Waals surface area contributed by atoms with Crippen molar-refractivity contribution in [1.82, 2.24) is 10.3 Å². The molecule has 0 aliphatic carbocycles. The van der Waals surface area contributed by atoms with Crippen LogP contribution in [0.3, 0.4) is 0 Å². The van der Waals surface area contributed by atoms with E-state index in [0.29, 0.717) is 15.4 Å². The first-order valence-electron chi connectivity index (χ1n) is 5.41. The van der Waals surface area contributed by atoms with Crippen molar-refractivity contribution in [3.05, 3.63) is 34.2 Å². The average Bonchev–Trinajstić information content (AvgIpc) is 2.69. The molecular weight excluding hydrogens is 303 g/mol. The van der Waals surface area contributed by atoms with E-state index in [0.717, 1.165) is 0 Å². The van der Waals surface area contributed by atoms with Crippen molar-refractivity contribution in [3.63, 3.8) is 0 Å². The summed E-state index contributed by atoms with van der Waals surface area (Å²) >= 11 is 3.19. The lowest BCUT2D eigenvalue weighted by atomic mass is 10.2. The normalized spacial score (nSPS) is 12.7. The molecule has 1 amide bonds. The molecule has 6 heteroatoms. The van der Waals surface area contributed by atoms with Gasteiger partial charge >= 0.3 is 0 Å². The number of H-pyrrole nitrogens is 1. The van der Waals surface area contributed by atoms with Gasteiger partial charge in [-0.1, -0.05) is 15.9 Å². The fourth-order valence-electron chi connectivity index (χ4n) is 1.62. The minimum atomic E-state index is -0.621. The number of aromatic nitrogens is 1. The molecule has 0 spiro atoms. The van der Waals surface area contributed by atoms with Crippen LogP contribution >= 0.6 is 15.9 Å². The lowest BCUT2D eigenvalue weighted by molar-refractivity contribution is 0.0920. The first kappa shape index (κ1) is 13.0. The number of hydrogen-bond acceptors (Lipinski definition) is 2. The van der Waals surface area contributed by atoms with Crippen molar-refractivity contribution in [2.75, 3.05) is 6.54 Å². The summed E-state index contributed by atoms with van der Waals surface area (Å²) < 4.78 is 14.2. The third-order valence-corrected chi connectivity index (χ3v) is 2.91. The second-order valence-electron chi connectivity index (χ2n) is 4.09. The van der Waals surface area contributed by atoms with E-state index in [4.69, 9.17) is 5.11 Å². The molecule has 1 heterocycles. The van der Waals surface area contributed by atoms with E-state index < -0.39 is 11.9 Å². The predicted molar refractivity (Wildman–Crippen MR) is 70.0 cm³/mol. The van der Waals surface area contributed by atoms with Crippen molar-refractivity contribution in [2.24, 2.45) is 0 Å². The van der Waals surface area contributed by atoms with Gasteiger partial charge in [-0.15, -0.1) is 0 Å². The number of nitrogens with one attached hydrogen (secondary N) is 2. The number of aromatic amines is 1. The number of amides is 1. The molecule has 0 bridgehead atoms. The van der Waals surface area contributed by atoms with Gasteiger partial charge in [0.15, 0.2) is 0 Å². The number of rotatable bonds is 3. The fraction of sp³-hybridized carbons (Fsp3) is 0.250. The van der Waals surface area contributed by atoms with Gasteiger partial charge < -0.3 is 15.4 Å². The lowest BCUT2D eigenvalue weighted by Gasteiger charge is -2.05. The van der Waals surface area contributed by atoms with Crippen LogP contribution in [0.15, 0.2) is 22.7 Å². The van der Waals surface area contributed by atoms with Crippen LogP contribution < -0.4 is 5.32 Å². The first-order chi connectivity index (χ1) is 8.47. The Bertz CT molecular complexity index is 595. The van der Waals surface area contributed by atoms with Gasteiger partial charge in [-0.25, -0.2) is 4.39 Å². The van der Waals surface area contributed by atoms with Crippen molar-refractivity contribution < 1.29 is 14.3 Å². The summed E-state index contributed by atoms with van der Waals surface area (Å²) in [7, 11) is 0. The van der Waals surface area contributed by atoms with Gasteiger partial charge in [-0.3, -0.25) is 4.79 Å². The Hall–Kier alpha value is -1.40. The molecule has 1 unspecified atom stereocenters. The van der Waals surface area contributed by atoms with Gasteiger partial charge in [0.2, 0.25) is 0 Å². The topological polar surface area (TPSA) is 65.1 Å². The van der Waals surface area contributed by atoms with Gasteiger partial charge in [0.05, 0.1) is 11.6 Å². The molecule has 0 aliphatic heterocycles. The Balaban J connectivity index is 2.30. The zero-order valence-electron chi connectivity index (χ0n) is 9.63. The minimum absolute atomic E-state index is 0.153. The molecule has 0 saturated carbocycles. The summed E-state index contributed by atoms with van der Waals surface area (Å²) in [6.45, 7) is 1.72. The second kappa shape index (κ2) is 5.07. The van der Waals surface area contributed by atoms with Crippen LogP contribution in [0.2, 0.25) is 0 Å². The summed E-state index contributed by atoms with van der Waals surface area (Å²) in [6.07, 6.45) is -0.621. The zero-order chi connectivity index (χ0) is 13.3. The highest BCUT2D eigenvalue weighted by Crippen LogP contribution is 2.23. The summed E-state index contributed by atoms with van der Waals surface area (Å²) in [5.41, 5.74) is 0.812. The maximum absolute atomic E-state index is 13.6. The molecule has 3 N–H and O–H groups in total. The molecule has 0 radical (unpaired) electrons. The summed E-state index contributed by atoms with van der Waals surface area (Å²) in [5, 5.41) is 12.0. The van der Waals surface area contributed by atoms with Crippen LogP contribution in [0, 0.1) is 5.82 Å². The molecule has 1 aromatic heterocycles. The summed E-state index contributed by atoms with van der Waals surface area (Å²) in [5.74, 6) is -0.771. The van der Waals surface area contributed by atoms with E-state index in [1.807, 2.05) is 0 Å². The van der Waals surface area contributed by atoms with E-state index >= 15 is 0 Å². The minimum Gasteiger partial charge on any atom is -0.392 e. The Morgan fingerprint density at radius 2 is 2.28 bits per heavy atom. The van der Waals surface area contributed by atoms with Crippen LogP contribution in [0.1, 0.15) is 17.4 Å². The quantitative estimate of drug-likeness (QED) is 0.813. The SMILES string of the molecule is CC(O)CNC(=O)c1cc2c(F)cc(Br)cc2[nH]1. The van der Waals surface area contributed by atoms with E-state index in [2.05, 4.69) is 26.2 Å². The Morgan fingerprint density at radius 1 is 1.56 bits per heavy atom. The Kier molecular flexibility index (Phi) is 3.68. The Morgan fingerprint density at radius 3 is 2.94 bits per heavy atom. The summed E-state index contributed by atoms with van der Waals surface area (Å²) in [6, 6.07) is 4.49. The first-order valence-corrected chi connectivity index (χ1v) is 6.20. The Labute approximate surface area is 111 Å². The largest absolute Gasteiger partial charge is 0.392 e. The monoisotopic (exact) mass is 314 g/mol. The van der Waals surface area contributed by atoms with Crippen LogP contribution in [-0.4, -0.2) is 28.6 Å². The highest BCUT2D eigenvalue weighted by atomic mass is 79.9. The molecule has 0 aliphatic rings. The molecule has 0 saturated heterocycles. The number of carbonyl (C=O) groups is 1. The smallest absolute Gasteiger partial charge is 0.267 e. The third-order valence-electron chi connectivity index (χ3n) is 2.45. The number of fused-ring (bicyclic) bond motifs is 1. The molecule has 4 nitrogen and oxygen atoms in total. The standard InChI is InChI=1S/C12H12BrFN2O2/c1-6(17)5-15-12(18)11-4-8-9(14)2-7(13)3-10(8)16-11/h2-4,6,16-17H,5H2,1H3,(H,15,18). The van der Waals surface area contributed by atoms with Gasteiger partial charge in [-0.05, 0) is 25.1 Å². The van der Waals surface area contributed by atoms with E-state index in [-0.39, 0.29) is 18.1 Å². The number of aliphatic hydroxyl groups is 1. The highest BCUT2D eigenvalue weighted by molar-refractivity contribution is 9.10. The van der Waals surface area contributed by atoms with Crippen molar-refractivity contribution in [1.29, 1.82) is 0 Å². The number of hydrogen-bond donors (Lipinski definition) is 3. The third kappa shape index (κ3) is 2.70. The van der Waals surface area contributed by atoms with E-state index in [9.17, 15) is 9.18 Å². The fourth-order valence-corrected chi connectivity index (χ4v) is 2.05. The predicted octanol–water partition coefficient (Wildman–Crippen LogP) is 2.18. The highest BCUT2D eigenvalue weighted by Gasteiger charge is 2.12. The molecular formula is C12H12BrFN2O2. The molecule has 18 heavy (non-hydrogen) atoms. The second-order valence-corrected chi connectivity index (χ2v) is 5.01. The lowest BCUT2D eigenvalue weighted by Crippen LogP contribution is -2.30. The average molecular weight is 315 g/mol. The van der Waals surface area contributed by atoms with Crippen LogP contribution in [0.5, 0.6) is 0 Å². The number of carbonyl (C=O) groups excluding carboxylic acids is 1. The van der Waals surface area contributed by atoms with Gasteiger partial charge in [0.1, 0.15) is 11.5 Å². The van der Waals surface area contributed by atoms with Crippen molar-refractivity contribution in [2.45, 2.75) is 13.0 Å². The van der Waals surface area contributed by atoms with Gasteiger partial charge in [-0.2, -0.15) is 0 Å². The maximum Gasteiger partial charge on any atom is 0.267 e. The van der Waals surface area contributed by atoms with Crippen molar-refractivity contribution >= 4 is 32.7 Å². The molecule has 2 aromatic rings. The molecule has 96 valence electrons. The van der Waals surface area contributed by atoms with Crippen LogP contribution in [0.25, 0.3) is 10.9 Å². The molecule has 0 fully saturated rings. The number of benzene rings is 1. The number of aliphatic hydroxyl groups excluding tert-OH is 1.